The number of pyridine rings is 1. The third kappa shape index (κ3) is 2.90. The number of aromatic carboxylic acids is 1. The molecule has 0 atom stereocenters. The Morgan fingerprint density at radius 3 is 2.63 bits per heavy atom. The minimum Gasteiger partial charge on any atom is -0.478 e. The zero-order chi connectivity index (χ0) is 14.0. The summed E-state index contributed by atoms with van der Waals surface area (Å²) < 4.78 is 26.2. The van der Waals surface area contributed by atoms with Crippen molar-refractivity contribution in [3.63, 3.8) is 0 Å². The second-order valence-electron chi connectivity index (χ2n) is 3.49. The summed E-state index contributed by atoms with van der Waals surface area (Å²) in [6.07, 6.45) is 0.791. The smallest absolute Gasteiger partial charge is 0.339 e. The van der Waals surface area contributed by atoms with Crippen LogP contribution in [-0.4, -0.2) is 26.0 Å². The van der Waals surface area contributed by atoms with E-state index in [1.807, 2.05) is 0 Å². The maximum atomic E-state index is 12.8. The predicted octanol–water partition coefficient (Wildman–Crippen LogP) is 2.94. The van der Waals surface area contributed by atoms with Gasteiger partial charge in [0.25, 0.3) is 6.43 Å². The molecule has 0 unspecified atom stereocenters. The van der Waals surface area contributed by atoms with Crippen LogP contribution in [0.5, 0.6) is 0 Å². The molecule has 0 saturated carbocycles. The highest BCUT2D eigenvalue weighted by Gasteiger charge is 2.21. The number of rotatable bonds is 3. The molecule has 8 heteroatoms. The van der Waals surface area contributed by atoms with Crippen molar-refractivity contribution in [2.75, 3.05) is 0 Å². The molecule has 0 aromatic carbocycles. The topological polar surface area (TPSA) is 76.0 Å². The van der Waals surface area contributed by atoms with Gasteiger partial charge in [-0.3, -0.25) is 4.98 Å². The zero-order valence-corrected chi connectivity index (χ0v) is 10.8. The number of alkyl halides is 2. The molecule has 0 bridgehead atoms. The molecular weight excluding hydrogens is 324 g/mol. The van der Waals surface area contributed by atoms with Crippen molar-refractivity contribution in [3.05, 3.63) is 40.4 Å². The van der Waals surface area contributed by atoms with Crippen LogP contribution in [0.2, 0.25) is 0 Å². The fourth-order valence-electron chi connectivity index (χ4n) is 1.40. The summed E-state index contributed by atoms with van der Waals surface area (Å²) in [5, 5.41) is 8.79. The standard InChI is InChI=1S/C11H6BrF2N3O2/c12-6-1-5(2-15-3-6)10-16-4-7(11(18)19)8(17-10)9(13)14/h1-4,9H,(H,18,19). The molecule has 19 heavy (non-hydrogen) atoms. The van der Waals surface area contributed by atoms with Gasteiger partial charge in [0.1, 0.15) is 11.3 Å². The monoisotopic (exact) mass is 329 g/mol. The SMILES string of the molecule is O=C(O)c1cnc(-c2cncc(Br)c2)nc1C(F)F. The first kappa shape index (κ1) is 13.5. The van der Waals surface area contributed by atoms with E-state index in [1.54, 1.807) is 6.07 Å². The molecule has 0 aliphatic carbocycles. The fraction of sp³-hybridized carbons (Fsp3) is 0.0909. The van der Waals surface area contributed by atoms with Crippen LogP contribution in [0.1, 0.15) is 22.5 Å². The number of halogens is 3. The van der Waals surface area contributed by atoms with Crippen molar-refractivity contribution in [1.82, 2.24) is 15.0 Å². The fourth-order valence-corrected chi connectivity index (χ4v) is 1.76. The predicted molar refractivity (Wildman–Crippen MR) is 64.9 cm³/mol. The van der Waals surface area contributed by atoms with Gasteiger partial charge < -0.3 is 5.11 Å². The molecule has 1 N–H and O–H groups in total. The third-order valence-corrected chi connectivity index (χ3v) is 2.65. The van der Waals surface area contributed by atoms with Crippen LogP contribution >= 0.6 is 15.9 Å². The van der Waals surface area contributed by atoms with Gasteiger partial charge in [0, 0.05) is 28.6 Å². The number of aromatic nitrogens is 3. The molecule has 0 spiro atoms. The van der Waals surface area contributed by atoms with E-state index in [1.165, 1.54) is 12.4 Å². The van der Waals surface area contributed by atoms with Gasteiger partial charge in [-0.25, -0.2) is 23.5 Å². The molecule has 98 valence electrons. The first-order valence-corrected chi connectivity index (χ1v) is 5.77. The lowest BCUT2D eigenvalue weighted by atomic mass is 10.2. The summed E-state index contributed by atoms with van der Waals surface area (Å²) in [7, 11) is 0. The normalized spacial score (nSPS) is 10.7. The van der Waals surface area contributed by atoms with E-state index >= 15 is 0 Å². The van der Waals surface area contributed by atoms with E-state index in [9.17, 15) is 13.6 Å². The van der Waals surface area contributed by atoms with Crippen molar-refractivity contribution >= 4 is 21.9 Å². The lowest BCUT2D eigenvalue weighted by Gasteiger charge is -2.06. The largest absolute Gasteiger partial charge is 0.478 e. The summed E-state index contributed by atoms with van der Waals surface area (Å²) in [4.78, 5) is 22.0. The van der Waals surface area contributed by atoms with Gasteiger partial charge in [0.15, 0.2) is 5.82 Å². The average molecular weight is 330 g/mol. The van der Waals surface area contributed by atoms with Gasteiger partial charge in [-0.2, -0.15) is 0 Å². The average Bonchev–Trinajstić information content (AvgIpc) is 2.37. The van der Waals surface area contributed by atoms with Crippen molar-refractivity contribution < 1.29 is 18.7 Å². The number of carbonyl (C=O) groups is 1. The number of carboxylic acids is 1. The van der Waals surface area contributed by atoms with E-state index in [0.717, 1.165) is 6.20 Å². The summed E-state index contributed by atoms with van der Waals surface area (Å²) in [5.41, 5.74) is -1.01. The molecule has 5 nitrogen and oxygen atoms in total. The van der Waals surface area contributed by atoms with Crippen LogP contribution in [0, 0.1) is 0 Å². The zero-order valence-electron chi connectivity index (χ0n) is 9.22. The molecule has 2 heterocycles. The Balaban J connectivity index is 2.55. The van der Waals surface area contributed by atoms with E-state index in [-0.39, 0.29) is 5.82 Å². The molecule has 0 amide bonds. The Morgan fingerprint density at radius 1 is 1.32 bits per heavy atom. The second kappa shape index (κ2) is 5.35. The van der Waals surface area contributed by atoms with E-state index < -0.39 is 23.7 Å². The maximum absolute atomic E-state index is 12.8. The van der Waals surface area contributed by atoms with Crippen molar-refractivity contribution in [1.29, 1.82) is 0 Å². The molecule has 0 fully saturated rings. The van der Waals surface area contributed by atoms with Crippen molar-refractivity contribution in [2.45, 2.75) is 6.43 Å². The molecule has 2 rings (SSSR count). The third-order valence-electron chi connectivity index (χ3n) is 2.22. The summed E-state index contributed by atoms with van der Waals surface area (Å²) in [6, 6.07) is 1.60. The van der Waals surface area contributed by atoms with E-state index in [0.29, 0.717) is 10.0 Å². The summed E-state index contributed by atoms with van der Waals surface area (Å²) in [5.74, 6) is -1.50. The van der Waals surface area contributed by atoms with Crippen LogP contribution in [-0.2, 0) is 0 Å². The molecule has 0 saturated heterocycles. The van der Waals surface area contributed by atoms with E-state index in [2.05, 4.69) is 30.9 Å². The summed E-state index contributed by atoms with van der Waals surface area (Å²) >= 11 is 3.18. The second-order valence-corrected chi connectivity index (χ2v) is 4.41. The van der Waals surface area contributed by atoms with Gasteiger partial charge in [-0.05, 0) is 22.0 Å². The van der Waals surface area contributed by atoms with Gasteiger partial charge in [-0.15, -0.1) is 0 Å². The van der Waals surface area contributed by atoms with Crippen LogP contribution in [0.15, 0.2) is 29.1 Å². The molecule has 0 radical (unpaired) electrons. The summed E-state index contributed by atoms with van der Waals surface area (Å²) in [6.45, 7) is 0. The van der Waals surface area contributed by atoms with Crippen LogP contribution in [0.3, 0.4) is 0 Å². The highest BCUT2D eigenvalue weighted by atomic mass is 79.9. The Hall–Kier alpha value is -1.96. The van der Waals surface area contributed by atoms with Gasteiger partial charge in [0.2, 0.25) is 0 Å². The number of nitrogens with zero attached hydrogens (tertiary/aromatic N) is 3. The Kier molecular flexibility index (Phi) is 3.79. The van der Waals surface area contributed by atoms with Gasteiger partial charge >= 0.3 is 5.97 Å². The van der Waals surface area contributed by atoms with Crippen LogP contribution < -0.4 is 0 Å². The first-order valence-electron chi connectivity index (χ1n) is 4.98. The highest BCUT2D eigenvalue weighted by Crippen LogP contribution is 2.24. The molecule has 0 aliphatic rings. The minimum atomic E-state index is -2.99. The van der Waals surface area contributed by atoms with E-state index in [4.69, 9.17) is 5.11 Å². The lowest BCUT2D eigenvalue weighted by Crippen LogP contribution is -2.08. The lowest BCUT2D eigenvalue weighted by molar-refractivity contribution is 0.0681. The number of carboxylic acid groups (broad SMARTS) is 1. The Morgan fingerprint density at radius 2 is 2.05 bits per heavy atom. The highest BCUT2D eigenvalue weighted by molar-refractivity contribution is 9.10. The molecular formula is C11H6BrF2N3O2. The van der Waals surface area contributed by atoms with Crippen LogP contribution in [0.25, 0.3) is 11.4 Å². The van der Waals surface area contributed by atoms with Crippen molar-refractivity contribution in [2.24, 2.45) is 0 Å². The molecule has 0 aliphatic heterocycles. The van der Waals surface area contributed by atoms with Crippen molar-refractivity contribution in [3.8, 4) is 11.4 Å². The molecule has 2 aromatic heterocycles. The minimum absolute atomic E-state index is 0.00546. The van der Waals surface area contributed by atoms with Gasteiger partial charge in [0.05, 0.1) is 0 Å². The number of hydrogen-bond donors (Lipinski definition) is 1. The van der Waals surface area contributed by atoms with Gasteiger partial charge in [-0.1, -0.05) is 0 Å². The first-order chi connectivity index (χ1) is 8.99. The Bertz CT molecular complexity index is 637. The quantitative estimate of drug-likeness (QED) is 0.936. The number of hydrogen-bond acceptors (Lipinski definition) is 4. The molecule has 2 aromatic rings. The van der Waals surface area contributed by atoms with Crippen LogP contribution in [0.4, 0.5) is 8.78 Å². The maximum Gasteiger partial charge on any atom is 0.339 e. The Labute approximate surface area is 114 Å².